The number of rotatable bonds is 45. The standard InChI is InChI=1S/C50H97NO5/c1-4-7-10-13-16-18-20-22-23-24-25-27-28-30-33-36-39-42-48(53)47(45-52)51-49(54)44-46(41-38-35-32-15-12-9-6-3)56-50(55)43-40-37-34-31-29-26-21-19-17-14-11-8-5-2/h26,29,46-48,52-53H,4-25,27-28,30-45H2,1-3H3,(H,51,54)/b29-26-. The van der Waals surface area contributed by atoms with E-state index >= 15 is 0 Å². The van der Waals surface area contributed by atoms with Crippen LogP contribution in [-0.4, -0.2) is 46.9 Å². The van der Waals surface area contributed by atoms with Crippen LogP contribution in [0.2, 0.25) is 0 Å². The average Bonchev–Trinajstić information content (AvgIpc) is 3.19. The van der Waals surface area contributed by atoms with E-state index in [4.69, 9.17) is 4.74 Å². The number of carbonyl (C=O) groups excluding carboxylic acids is 2. The smallest absolute Gasteiger partial charge is 0.306 e. The molecule has 0 aromatic heterocycles. The topological polar surface area (TPSA) is 95.9 Å². The molecule has 0 aliphatic carbocycles. The van der Waals surface area contributed by atoms with Gasteiger partial charge in [0.05, 0.1) is 25.2 Å². The van der Waals surface area contributed by atoms with Gasteiger partial charge in [0.1, 0.15) is 6.10 Å². The van der Waals surface area contributed by atoms with Crippen LogP contribution in [0.3, 0.4) is 0 Å². The molecule has 0 heterocycles. The summed E-state index contributed by atoms with van der Waals surface area (Å²) in [5.41, 5.74) is 0. The Morgan fingerprint density at radius 2 is 0.857 bits per heavy atom. The Bertz CT molecular complexity index is 847. The number of carbonyl (C=O) groups is 2. The molecule has 0 aliphatic heterocycles. The minimum absolute atomic E-state index is 0.0767. The van der Waals surface area contributed by atoms with Crippen molar-refractivity contribution >= 4 is 11.9 Å². The van der Waals surface area contributed by atoms with E-state index in [-0.39, 0.29) is 24.9 Å². The molecule has 332 valence electrons. The summed E-state index contributed by atoms with van der Waals surface area (Å²) in [4.78, 5) is 25.9. The van der Waals surface area contributed by atoms with E-state index < -0.39 is 18.2 Å². The number of aliphatic hydroxyl groups excluding tert-OH is 2. The molecule has 0 radical (unpaired) electrons. The number of hydrogen-bond donors (Lipinski definition) is 3. The van der Waals surface area contributed by atoms with Gasteiger partial charge in [0.15, 0.2) is 0 Å². The van der Waals surface area contributed by atoms with Crippen molar-refractivity contribution in [3.63, 3.8) is 0 Å². The molecule has 0 bridgehead atoms. The summed E-state index contributed by atoms with van der Waals surface area (Å²) >= 11 is 0. The number of amides is 1. The highest BCUT2D eigenvalue weighted by Gasteiger charge is 2.24. The first kappa shape index (κ1) is 54.6. The first-order chi connectivity index (χ1) is 27.5. The van der Waals surface area contributed by atoms with Gasteiger partial charge in [0, 0.05) is 6.42 Å². The Balaban J connectivity index is 4.33. The molecule has 0 spiro atoms. The SMILES string of the molecule is CCCCCCCC/C=C\CCCCCC(=O)OC(CCCCCCCCC)CC(=O)NC(CO)C(O)CCCCCCCCCCCCCCCCCCC. The predicted molar refractivity (Wildman–Crippen MR) is 241 cm³/mol. The summed E-state index contributed by atoms with van der Waals surface area (Å²) in [5.74, 6) is -0.485. The van der Waals surface area contributed by atoms with E-state index in [2.05, 4.69) is 38.2 Å². The van der Waals surface area contributed by atoms with E-state index in [1.807, 2.05) is 0 Å². The van der Waals surface area contributed by atoms with Crippen molar-refractivity contribution in [3.05, 3.63) is 12.2 Å². The van der Waals surface area contributed by atoms with E-state index in [1.54, 1.807) is 0 Å². The Kier molecular flexibility index (Phi) is 43.6. The second kappa shape index (κ2) is 44.7. The zero-order chi connectivity index (χ0) is 41.0. The van der Waals surface area contributed by atoms with Crippen LogP contribution in [0.1, 0.15) is 271 Å². The van der Waals surface area contributed by atoms with Gasteiger partial charge < -0.3 is 20.3 Å². The number of hydrogen-bond acceptors (Lipinski definition) is 5. The summed E-state index contributed by atoms with van der Waals surface area (Å²) in [5, 5.41) is 23.7. The first-order valence-electron chi connectivity index (χ1n) is 24.9. The lowest BCUT2D eigenvalue weighted by Gasteiger charge is -2.24. The van der Waals surface area contributed by atoms with Crippen LogP contribution in [-0.2, 0) is 14.3 Å². The number of ether oxygens (including phenoxy) is 1. The highest BCUT2D eigenvalue weighted by Crippen LogP contribution is 2.18. The number of aliphatic hydroxyl groups is 2. The fourth-order valence-electron chi connectivity index (χ4n) is 7.78. The van der Waals surface area contributed by atoms with Gasteiger partial charge in [-0.25, -0.2) is 0 Å². The lowest BCUT2D eigenvalue weighted by molar-refractivity contribution is -0.151. The van der Waals surface area contributed by atoms with E-state index in [0.29, 0.717) is 19.3 Å². The molecule has 56 heavy (non-hydrogen) atoms. The maximum absolute atomic E-state index is 13.1. The fourth-order valence-corrected chi connectivity index (χ4v) is 7.78. The van der Waals surface area contributed by atoms with Gasteiger partial charge >= 0.3 is 5.97 Å². The third kappa shape index (κ3) is 39.4. The monoisotopic (exact) mass is 792 g/mol. The Hall–Kier alpha value is -1.40. The Morgan fingerprint density at radius 1 is 0.500 bits per heavy atom. The summed E-state index contributed by atoms with van der Waals surface area (Å²) in [6.45, 7) is 6.46. The molecule has 0 aromatic rings. The number of allylic oxidation sites excluding steroid dienone is 2. The van der Waals surface area contributed by atoms with Gasteiger partial charge in [-0.3, -0.25) is 9.59 Å². The van der Waals surface area contributed by atoms with Gasteiger partial charge in [0.25, 0.3) is 0 Å². The van der Waals surface area contributed by atoms with E-state index in [9.17, 15) is 19.8 Å². The number of unbranched alkanes of at least 4 members (excludes halogenated alkanes) is 31. The van der Waals surface area contributed by atoms with Crippen molar-refractivity contribution in [1.29, 1.82) is 0 Å². The van der Waals surface area contributed by atoms with Crippen LogP contribution in [0.5, 0.6) is 0 Å². The predicted octanol–water partition coefficient (Wildman–Crippen LogP) is 14.6. The molecule has 6 nitrogen and oxygen atoms in total. The zero-order valence-electron chi connectivity index (χ0n) is 37.8. The Labute approximate surface area is 349 Å². The molecule has 0 rings (SSSR count). The van der Waals surface area contributed by atoms with Crippen molar-refractivity contribution in [2.45, 2.75) is 289 Å². The van der Waals surface area contributed by atoms with Crippen molar-refractivity contribution in [3.8, 4) is 0 Å². The molecule has 3 unspecified atom stereocenters. The molecule has 6 heteroatoms. The van der Waals surface area contributed by atoms with Crippen molar-refractivity contribution in [1.82, 2.24) is 5.32 Å². The third-order valence-corrected chi connectivity index (χ3v) is 11.6. The van der Waals surface area contributed by atoms with Crippen LogP contribution >= 0.6 is 0 Å². The summed E-state index contributed by atoms with van der Waals surface area (Å²) in [6, 6.07) is -0.696. The van der Waals surface area contributed by atoms with Crippen LogP contribution in [0.4, 0.5) is 0 Å². The molecule has 0 saturated carbocycles. The molecular formula is C50H97NO5. The van der Waals surface area contributed by atoms with Crippen molar-refractivity contribution < 1.29 is 24.5 Å². The van der Waals surface area contributed by atoms with Crippen LogP contribution < -0.4 is 5.32 Å². The largest absolute Gasteiger partial charge is 0.462 e. The molecule has 3 atom stereocenters. The highest BCUT2D eigenvalue weighted by atomic mass is 16.5. The quantitative estimate of drug-likeness (QED) is 0.0324. The molecule has 0 aromatic carbocycles. The molecule has 1 amide bonds. The maximum Gasteiger partial charge on any atom is 0.306 e. The van der Waals surface area contributed by atoms with Gasteiger partial charge in [-0.2, -0.15) is 0 Å². The zero-order valence-corrected chi connectivity index (χ0v) is 37.8. The van der Waals surface area contributed by atoms with Crippen molar-refractivity contribution in [2.24, 2.45) is 0 Å². The minimum atomic E-state index is -0.783. The first-order valence-corrected chi connectivity index (χ1v) is 24.9. The van der Waals surface area contributed by atoms with Crippen LogP contribution in [0, 0.1) is 0 Å². The van der Waals surface area contributed by atoms with Gasteiger partial charge in [-0.1, -0.05) is 219 Å². The average molecular weight is 792 g/mol. The maximum atomic E-state index is 13.1. The number of nitrogens with one attached hydrogen (secondary N) is 1. The normalized spacial score (nSPS) is 13.3. The molecular weight excluding hydrogens is 695 g/mol. The number of esters is 1. The lowest BCUT2D eigenvalue weighted by Crippen LogP contribution is -2.46. The van der Waals surface area contributed by atoms with Gasteiger partial charge in [0.2, 0.25) is 5.91 Å². The third-order valence-electron chi connectivity index (χ3n) is 11.6. The minimum Gasteiger partial charge on any atom is -0.462 e. The highest BCUT2D eigenvalue weighted by molar-refractivity contribution is 5.77. The van der Waals surface area contributed by atoms with Crippen LogP contribution in [0.15, 0.2) is 12.2 Å². The van der Waals surface area contributed by atoms with Crippen molar-refractivity contribution in [2.75, 3.05) is 6.61 Å². The van der Waals surface area contributed by atoms with E-state index in [0.717, 1.165) is 51.4 Å². The molecule has 0 fully saturated rings. The summed E-state index contributed by atoms with van der Waals surface area (Å²) in [7, 11) is 0. The second-order valence-corrected chi connectivity index (χ2v) is 17.2. The summed E-state index contributed by atoms with van der Waals surface area (Å²) < 4.78 is 5.88. The van der Waals surface area contributed by atoms with E-state index in [1.165, 1.54) is 173 Å². The fraction of sp³-hybridized carbons (Fsp3) is 0.920. The lowest BCUT2D eigenvalue weighted by atomic mass is 10.0. The molecule has 0 aliphatic rings. The Morgan fingerprint density at radius 3 is 1.27 bits per heavy atom. The summed E-state index contributed by atoms with van der Waals surface area (Å²) in [6.07, 6.45) is 48.6. The second-order valence-electron chi connectivity index (χ2n) is 17.2. The van der Waals surface area contributed by atoms with Gasteiger partial charge in [-0.15, -0.1) is 0 Å². The molecule has 0 saturated heterocycles. The van der Waals surface area contributed by atoms with Gasteiger partial charge in [-0.05, 0) is 51.4 Å². The molecule has 3 N–H and O–H groups in total. The van der Waals surface area contributed by atoms with Crippen LogP contribution in [0.25, 0.3) is 0 Å².